The van der Waals surface area contributed by atoms with Crippen molar-refractivity contribution in [3.05, 3.63) is 0 Å². The standard InChI is InChI=1S/C13H29N3O2/c1-6-16(10(2)3)8-7-14-13(18)15-12(5)11(4)9-17/h10-12,17H,6-9H2,1-5H3,(H2,14,15,18). The molecule has 0 aromatic carbocycles. The van der Waals surface area contributed by atoms with Gasteiger partial charge in [0.15, 0.2) is 0 Å². The maximum atomic E-state index is 11.6. The third-order valence-corrected chi connectivity index (χ3v) is 3.32. The van der Waals surface area contributed by atoms with Crippen molar-refractivity contribution in [2.75, 3.05) is 26.2 Å². The van der Waals surface area contributed by atoms with Gasteiger partial charge in [-0.3, -0.25) is 4.90 Å². The van der Waals surface area contributed by atoms with Crippen LogP contribution in [0.1, 0.15) is 34.6 Å². The zero-order valence-corrected chi connectivity index (χ0v) is 12.4. The highest BCUT2D eigenvalue weighted by molar-refractivity contribution is 5.74. The number of nitrogens with one attached hydrogen (secondary N) is 2. The third kappa shape index (κ3) is 6.81. The topological polar surface area (TPSA) is 64.6 Å². The van der Waals surface area contributed by atoms with Crippen molar-refractivity contribution in [1.29, 1.82) is 0 Å². The zero-order valence-electron chi connectivity index (χ0n) is 12.4. The second-order valence-electron chi connectivity index (χ2n) is 5.07. The first-order valence-corrected chi connectivity index (χ1v) is 6.81. The number of aliphatic hydroxyl groups is 1. The lowest BCUT2D eigenvalue weighted by molar-refractivity contribution is 0.197. The van der Waals surface area contributed by atoms with E-state index in [-0.39, 0.29) is 24.6 Å². The Morgan fingerprint density at radius 3 is 2.33 bits per heavy atom. The normalized spacial score (nSPS) is 14.7. The van der Waals surface area contributed by atoms with E-state index in [9.17, 15) is 4.79 Å². The molecule has 0 bridgehead atoms. The minimum atomic E-state index is -0.164. The average Bonchev–Trinajstić information content (AvgIpc) is 2.32. The fourth-order valence-corrected chi connectivity index (χ4v) is 1.65. The Balaban J connectivity index is 3.83. The van der Waals surface area contributed by atoms with Crippen LogP contribution >= 0.6 is 0 Å². The fraction of sp³-hybridized carbons (Fsp3) is 0.923. The maximum absolute atomic E-state index is 11.6. The summed E-state index contributed by atoms with van der Waals surface area (Å²) >= 11 is 0. The second kappa shape index (κ2) is 9.16. The molecule has 0 spiro atoms. The molecule has 0 aliphatic carbocycles. The summed E-state index contributed by atoms with van der Waals surface area (Å²) in [6.45, 7) is 12.8. The van der Waals surface area contributed by atoms with Gasteiger partial charge < -0.3 is 15.7 Å². The number of hydrogen-bond acceptors (Lipinski definition) is 3. The van der Waals surface area contributed by atoms with Gasteiger partial charge in [-0.1, -0.05) is 13.8 Å². The number of urea groups is 1. The van der Waals surface area contributed by atoms with Crippen molar-refractivity contribution in [3.63, 3.8) is 0 Å². The highest BCUT2D eigenvalue weighted by Crippen LogP contribution is 2.00. The van der Waals surface area contributed by atoms with Crippen LogP contribution in [0.15, 0.2) is 0 Å². The van der Waals surface area contributed by atoms with Gasteiger partial charge in [0.2, 0.25) is 0 Å². The first kappa shape index (κ1) is 17.2. The third-order valence-electron chi connectivity index (χ3n) is 3.32. The van der Waals surface area contributed by atoms with Crippen molar-refractivity contribution >= 4 is 6.03 Å². The molecule has 2 atom stereocenters. The van der Waals surface area contributed by atoms with Crippen LogP contribution in [0.2, 0.25) is 0 Å². The fourth-order valence-electron chi connectivity index (χ4n) is 1.65. The molecule has 0 radical (unpaired) electrons. The highest BCUT2D eigenvalue weighted by Gasteiger charge is 2.13. The molecule has 0 aliphatic rings. The van der Waals surface area contributed by atoms with E-state index in [0.29, 0.717) is 12.6 Å². The summed E-state index contributed by atoms with van der Waals surface area (Å²) in [5, 5.41) is 14.6. The SMILES string of the molecule is CCN(CCNC(=O)NC(C)C(C)CO)C(C)C. The van der Waals surface area contributed by atoms with E-state index in [2.05, 4.69) is 36.3 Å². The van der Waals surface area contributed by atoms with Gasteiger partial charge in [0.25, 0.3) is 0 Å². The molecule has 0 aliphatic heterocycles. The van der Waals surface area contributed by atoms with Gasteiger partial charge in [0.1, 0.15) is 0 Å². The Hall–Kier alpha value is -0.810. The van der Waals surface area contributed by atoms with Crippen LogP contribution in [-0.4, -0.2) is 54.4 Å². The lowest BCUT2D eigenvalue weighted by atomic mass is 10.1. The first-order valence-electron chi connectivity index (χ1n) is 6.81. The molecular weight excluding hydrogens is 230 g/mol. The van der Waals surface area contributed by atoms with Crippen molar-refractivity contribution in [1.82, 2.24) is 15.5 Å². The van der Waals surface area contributed by atoms with E-state index in [1.165, 1.54) is 0 Å². The molecule has 2 amide bonds. The Morgan fingerprint density at radius 1 is 1.28 bits per heavy atom. The number of rotatable bonds is 8. The lowest BCUT2D eigenvalue weighted by Crippen LogP contribution is -2.46. The molecule has 18 heavy (non-hydrogen) atoms. The summed E-state index contributed by atoms with van der Waals surface area (Å²) in [5.41, 5.74) is 0. The first-order chi connectivity index (χ1) is 8.42. The van der Waals surface area contributed by atoms with Crippen LogP contribution in [0.25, 0.3) is 0 Å². The van der Waals surface area contributed by atoms with Crippen LogP contribution < -0.4 is 10.6 Å². The summed E-state index contributed by atoms with van der Waals surface area (Å²) in [6, 6.07) is 0.304. The van der Waals surface area contributed by atoms with E-state index in [4.69, 9.17) is 5.11 Å². The molecule has 0 saturated heterocycles. The molecule has 0 aromatic heterocycles. The minimum Gasteiger partial charge on any atom is -0.396 e. The molecule has 2 unspecified atom stereocenters. The van der Waals surface area contributed by atoms with Crippen molar-refractivity contribution < 1.29 is 9.90 Å². The Morgan fingerprint density at radius 2 is 1.89 bits per heavy atom. The van der Waals surface area contributed by atoms with E-state index in [0.717, 1.165) is 13.1 Å². The monoisotopic (exact) mass is 259 g/mol. The van der Waals surface area contributed by atoms with Crippen LogP contribution in [0, 0.1) is 5.92 Å². The quantitative estimate of drug-likeness (QED) is 0.610. The van der Waals surface area contributed by atoms with Crippen molar-refractivity contribution in [2.45, 2.75) is 46.7 Å². The summed E-state index contributed by atoms with van der Waals surface area (Å²) in [7, 11) is 0. The summed E-state index contributed by atoms with van der Waals surface area (Å²) in [4.78, 5) is 13.9. The van der Waals surface area contributed by atoms with Crippen LogP contribution in [-0.2, 0) is 0 Å². The molecular formula is C13H29N3O2. The van der Waals surface area contributed by atoms with E-state index in [1.807, 2.05) is 13.8 Å². The largest absolute Gasteiger partial charge is 0.396 e. The molecule has 3 N–H and O–H groups in total. The van der Waals surface area contributed by atoms with Gasteiger partial charge in [0, 0.05) is 31.8 Å². The minimum absolute atomic E-state index is 0.0256. The van der Waals surface area contributed by atoms with E-state index < -0.39 is 0 Å². The van der Waals surface area contributed by atoms with Crippen molar-refractivity contribution in [3.8, 4) is 0 Å². The summed E-state index contributed by atoms with van der Waals surface area (Å²) < 4.78 is 0. The number of carbonyl (C=O) groups is 1. The lowest BCUT2D eigenvalue weighted by Gasteiger charge is -2.25. The molecule has 108 valence electrons. The van der Waals surface area contributed by atoms with Crippen LogP contribution in [0.3, 0.4) is 0 Å². The van der Waals surface area contributed by atoms with E-state index in [1.54, 1.807) is 0 Å². The van der Waals surface area contributed by atoms with Gasteiger partial charge in [-0.25, -0.2) is 4.79 Å². The van der Waals surface area contributed by atoms with E-state index >= 15 is 0 Å². The second-order valence-corrected chi connectivity index (χ2v) is 5.07. The molecule has 0 saturated carbocycles. The molecule has 0 rings (SSSR count). The summed E-state index contributed by atoms with van der Waals surface area (Å²) in [6.07, 6.45) is 0. The van der Waals surface area contributed by atoms with Gasteiger partial charge >= 0.3 is 6.03 Å². The van der Waals surface area contributed by atoms with Crippen molar-refractivity contribution in [2.24, 2.45) is 5.92 Å². The van der Waals surface area contributed by atoms with Gasteiger partial charge in [-0.15, -0.1) is 0 Å². The Labute approximate surface area is 111 Å². The predicted molar refractivity (Wildman–Crippen MR) is 74.6 cm³/mol. The number of aliphatic hydroxyl groups excluding tert-OH is 1. The molecule has 5 nitrogen and oxygen atoms in total. The maximum Gasteiger partial charge on any atom is 0.315 e. The Bertz CT molecular complexity index is 234. The molecule has 0 aromatic rings. The molecule has 0 fully saturated rings. The average molecular weight is 259 g/mol. The molecule has 0 heterocycles. The number of carbonyl (C=O) groups excluding carboxylic acids is 1. The number of amides is 2. The molecule has 5 heteroatoms. The van der Waals surface area contributed by atoms with Gasteiger partial charge in [0.05, 0.1) is 0 Å². The number of nitrogens with zero attached hydrogens (tertiary/aromatic N) is 1. The highest BCUT2D eigenvalue weighted by atomic mass is 16.3. The smallest absolute Gasteiger partial charge is 0.315 e. The summed E-state index contributed by atoms with van der Waals surface area (Å²) in [5.74, 6) is 0.0681. The van der Waals surface area contributed by atoms with Crippen LogP contribution in [0.5, 0.6) is 0 Å². The van der Waals surface area contributed by atoms with Gasteiger partial charge in [-0.05, 0) is 33.2 Å². The number of likely N-dealkylation sites (N-methyl/N-ethyl adjacent to an activating group) is 1. The predicted octanol–water partition coefficient (Wildman–Crippen LogP) is 1.03. The number of hydrogen-bond donors (Lipinski definition) is 3. The zero-order chi connectivity index (χ0) is 14.1. The van der Waals surface area contributed by atoms with Gasteiger partial charge in [-0.2, -0.15) is 0 Å². The van der Waals surface area contributed by atoms with Crippen LogP contribution in [0.4, 0.5) is 4.79 Å². The Kier molecular flexibility index (Phi) is 8.75.